The first-order chi connectivity index (χ1) is 9.40. The number of aliphatic carboxylic acids is 1. The van der Waals surface area contributed by atoms with E-state index in [1.54, 1.807) is 23.2 Å². The lowest BCUT2D eigenvalue weighted by molar-refractivity contribution is -0.146. The SMILES string of the molecule is Cc1nc(CCNC(=O)N2CCC(C)(C(=O)O)C2)cs1. The average molecular weight is 297 g/mol. The average Bonchev–Trinajstić information content (AvgIpc) is 2.97. The minimum absolute atomic E-state index is 0.193. The maximum Gasteiger partial charge on any atom is 0.317 e. The molecule has 1 aliphatic heterocycles. The molecule has 2 heterocycles. The molecule has 1 aromatic heterocycles. The summed E-state index contributed by atoms with van der Waals surface area (Å²) in [5.41, 5.74) is 0.160. The van der Waals surface area contributed by atoms with Gasteiger partial charge in [-0.25, -0.2) is 9.78 Å². The zero-order chi connectivity index (χ0) is 14.8. The fourth-order valence-electron chi connectivity index (χ4n) is 2.24. The topological polar surface area (TPSA) is 82.5 Å². The van der Waals surface area contributed by atoms with Gasteiger partial charge in [-0.2, -0.15) is 0 Å². The number of carbonyl (C=O) groups excluding carboxylic acids is 1. The highest BCUT2D eigenvalue weighted by Gasteiger charge is 2.42. The van der Waals surface area contributed by atoms with Crippen LogP contribution in [0.3, 0.4) is 0 Å². The fourth-order valence-corrected chi connectivity index (χ4v) is 2.89. The molecule has 1 aliphatic rings. The Morgan fingerprint density at radius 1 is 1.60 bits per heavy atom. The minimum Gasteiger partial charge on any atom is -0.481 e. The predicted molar refractivity (Wildman–Crippen MR) is 75.9 cm³/mol. The largest absolute Gasteiger partial charge is 0.481 e. The van der Waals surface area contributed by atoms with E-state index in [9.17, 15) is 9.59 Å². The number of aromatic nitrogens is 1. The van der Waals surface area contributed by atoms with Crippen LogP contribution in [0.5, 0.6) is 0 Å². The van der Waals surface area contributed by atoms with Crippen molar-refractivity contribution in [1.29, 1.82) is 0 Å². The first-order valence-electron chi connectivity index (χ1n) is 6.58. The van der Waals surface area contributed by atoms with Crippen LogP contribution in [0.1, 0.15) is 24.0 Å². The number of nitrogens with zero attached hydrogens (tertiary/aromatic N) is 2. The highest BCUT2D eigenvalue weighted by molar-refractivity contribution is 7.09. The van der Waals surface area contributed by atoms with Gasteiger partial charge >= 0.3 is 12.0 Å². The highest BCUT2D eigenvalue weighted by atomic mass is 32.1. The molecular formula is C13H19N3O3S. The Kier molecular flexibility index (Phi) is 4.27. The number of amides is 2. The Hall–Kier alpha value is -1.63. The van der Waals surface area contributed by atoms with E-state index in [1.165, 1.54) is 0 Å². The molecule has 2 amide bonds. The van der Waals surface area contributed by atoms with Crippen LogP contribution >= 0.6 is 11.3 Å². The van der Waals surface area contributed by atoms with Crippen molar-refractivity contribution in [3.05, 3.63) is 16.1 Å². The Balaban J connectivity index is 1.77. The third-order valence-corrected chi connectivity index (χ3v) is 4.42. The first kappa shape index (κ1) is 14.8. The molecule has 2 rings (SSSR count). The number of urea groups is 1. The van der Waals surface area contributed by atoms with Crippen LogP contribution in [-0.2, 0) is 11.2 Å². The Morgan fingerprint density at radius 2 is 2.35 bits per heavy atom. The molecule has 0 spiro atoms. The van der Waals surface area contributed by atoms with E-state index in [-0.39, 0.29) is 12.6 Å². The number of aryl methyl sites for hydroxylation is 1. The van der Waals surface area contributed by atoms with Crippen molar-refractivity contribution >= 4 is 23.3 Å². The van der Waals surface area contributed by atoms with Gasteiger partial charge in [-0.3, -0.25) is 4.79 Å². The number of likely N-dealkylation sites (tertiary alicyclic amines) is 1. The molecule has 0 aromatic carbocycles. The van der Waals surface area contributed by atoms with E-state index < -0.39 is 11.4 Å². The van der Waals surface area contributed by atoms with Gasteiger partial charge in [0.05, 0.1) is 16.1 Å². The molecule has 1 saturated heterocycles. The van der Waals surface area contributed by atoms with E-state index in [4.69, 9.17) is 5.11 Å². The first-order valence-corrected chi connectivity index (χ1v) is 7.46. The number of carboxylic acids is 1. The second kappa shape index (κ2) is 5.78. The monoisotopic (exact) mass is 297 g/mol. The zero-order valence-electron chi connectivity index (χ0n) is 11.7. The quantitative estimate of drug-likeness (QED) is 0.882. The lowest BCUT2D eigenvalue weighted by Crippen LogP contribution is -2.41. The van der Waals surface area contributed by atoms with Crippen molar-refractivity contribution in [3.8, 4) is 0 Å². The number of hydrogen-bond acceptors (Lipinski definition) is 4. The van der Waals surface area contributed by atoms with E-state index in [2.05, 4.69) is 10.3 Å². The maximum atomic E-state index is 12.0. The van der Waals surface area contributed by atoms with Gasteiger partial charge in [-0.1, -0.05) is 0 Å². The molecule has 0 bridgehead atoms. The summed E-state index contributed by atoms with van der Waals surface area (Å²) in [6.07, 6.45) is 1.20. The summed E-state index contributed by atoms with van der Waals surface area (Å²) >= 11 is 1.59. The summed E-state index contributed by atoms with van der Waals surface area (Å²) in [6, 6.07) is -0.193. The Bertz CT molecular complexity index is 517. The summed E-state index contributed by atoms with van der Waals surface area (Å²) in [5.74, 6) is -0.842. The van der Waals surface area contributed by atoms with Gasteiger partial charge in [-0.05, 0) is 20.3 Å². The van der Waals surface area contributed by atoms with Crippen molar-refractivity contribution in [2.75, 3.05) is 19.6 Å². The molecule has 20 heavy (non-hydrogen) atoms. The van der Waals surface area contributed by atoms with Crippen LogP contribution < -0.4 is 5.32 Å². The van der Waals surface area contributed by atoms with Gasteiger partial charge < -0.3 is 15.3 Å². The van der Waals surface area contributed by atoms with Crippen LogP contribution in [0.15, 0.2) is 5.38 Å². The van der Waals surface area contributed by atoms with Gasteiger partial charge in [0.25, 0.3) is 0 Å². The molecule has 1 fully saturated rings. The molecule has 1 atom stereocenters. The van der Waals surface area contributed by atoms with E-state index in [1.807, 2.05) is 12.3 Å². The number of carbonyl (C=O) groups is 2. The number of nitrogens with one attached hydrogen (secondary N) is 1. The van der Waals surface area contributed by atoms with Crippen molar-refractivity contribution in [3.63, 3.8) is 0 Å². The molecule has 0 saturated carbocycles. The van der Waals surface area contributed by atoms with Gasteiger partial charge in [0.15, 0.2) is 0 Å². The third-order valence-electron chi connectivity index (χ3n) is 3.60. The normalized spacial score (nSPS) is 22.0. The van der Waals surface area contributed by atoms with Crippen molar-refractivity contribution in [1.82, 2.24) is 15.2 Å². The predicted octanol–water partition coefficient (Wildman–Crippen LogP) is 1.50. The van der Waals surface area contributed by atoms with E-state index >= 15 is 0 Å². The lowest BCUT2D eigenvalue weighted by atomic mass is 9.90. The highest BCUT2D eigenvalue weighted by Crippen LogP contribution is 2.29. The zero-order valence-corrected chi connectivity index (χ0v) is 12.5. The number of hydrogen-bond donors (Lipinski definition) is 2. The molecule has 1 unspecified atom stereocenters. The molecule has 0 aliphatic carbocycles. The number of thiazole rings is 1. The fraction of sp³-hybridized carbons (Fsp3) is 0.615. The smallest absolute Gasteiger partial charge is 0.317 e. The number of carboxylic acid groups (broad SMARTS) is 1. The summed E-state index contributed by atoms with van der Waals surface area (Å²) in [4.78, 5) is 29.0. The van der Waals surface area contributed by atoms with Crippen LogP contribution in [0, 0.1) is 12.3 Å². The van der Waals surface area contributed by atoms with Gasteiger partial charge in [0.1, 0.15) is 0 Å². The molecule has 7 heteroatoms. The second-order valence-corrected chi connectivity index (χ2v) is 6.44. The standard InChI is InChI=1S/C13H19N3O3S/c1-9-15-10(7-20-9)3-5-14-12(19)16-6-4-13(2,8-16)11(17)18/h7H,3-6,8H2,1-2H3,(H,14,19)(H,17,18). The van der Waals surface area contributed by atoms with E-state index in [0.29, 0.717) is 25.9 Å². The second-order valence-electron chi connectivity index (χ2n) is 5.38. The van der Waals surface area contributed by atoms with Gasteiger partial charge in [-0.15, -0.1) is 11.3 Å². The summed E-state index contributed by atoms with van der Waals surface area (Å²) in [5, 5.41) is 15.0. The van der Waals surface area contributed by atoms with Gasteiger partial charge in [0, 0.05) is 31.4 Å². The molecule has 110 valence electrons. The molecular weight excluding hydrogens is 278 g/mol. The van der Waals surface area contributed by atoms with Crippen LogP contribution in [0.2, 0.25) is 0 Å². The molecule has 2 N–H and O–H groups in total. The molecule has 0 radical (unpaired) electrons. The molecule has 6 nitrogen and oxygen atoms in total. The van der Waals surface area contributed by atoms with Gasteiger partial charge in [0.2, 0.25) is 0 Å². The van der Waals surface area contributed by atoms with E-state index in [0.717, 1.165) is 10.7 Å². The summed E-state index contributed by atoms with van der Waals surface area (Å²) in [6.45, 7) is 4.90. The third kappa shape index (κ3) is 3.27. The lowest BCUT2D eigenvalue weighted by Gasteiger charge is -2.20. The van der Waals surface area contributed by atoms with Crippen molar-refractivity contribution in [2.45, 2.75) is 26.7 Å². The Morgan fingerprint density at radius 3 is 2.90 bits per heavy atom. The minimum atomic E-state index is -0.842. The Labute approximate surface area is 121 Å². The number of rotatable bonds is 4. The maximum absolute atomic E-state index is 12.0. The van der Waals surface area contributed by atoms with Crippen molar-refractivity contribution < 1.29 is 14.7 Å². The molecule has 1 aromatic rings. The van der Waals surface area contributed by atoms with Crippen molar-refractivity contribution in [2.24, 2.45) is 5.41 Å². The van der Waals surface area contributed by atoms with Crippen LogP contribution in [0.4, 0.5) is 4.79 Å². The summed E-state index contributed by atoms with van der Waals surface area (Å²) in [7, 11) is 0. The van der Waals surface area contributed by atoms with Crippen LogP contribution in [-0.4, -0.2) is 46.6 Å². The summed E-state index contributed by atoms with van der Waals surface area (Å²) < 4.78 is 0. The van der Waals surface area contributed by atoms with Crippen LogP contribution in [0.25, 0.3) is 0 Å².